The SMILES string of the molecule is N#C[C@@H]1CN[C@H](CNC(=O)c2cc3ccc(-c4ccc(F)cc4)cc3[nH]2)C1. The van der Waals surface area contributed by atoms with Gasteiger partial charge in [-0.15, -0.1) is 0 Å². The van der Waals surface area contributed by atoms with Gasteiger partial charge in [0.15, 0.2) is 0 Å². The van der Waals surface area contributed by atoms with Crippen molar-refractivity contribution < 1.29 is 9.18 Å². The number of H-pyrrole nitrogens is 1. The Kier molecular flexibility index (Phi) is 4.61. The van der Waals surface area contributed by atoms with E-state index in [-0.39, 0.29) is 23.7 Å². The van der Waals surface area contributed by atoms with Crippen LogP contribution in [-0.4, -0.2) is 30.0 Å². The van der Waals surface area contributed by atoms with Crippen molar-refractivity contribution in [2.45, 2.75) is 12.5 Å². The van der Waals surface area contributed by atoms with E-state index in [0.717, 1.165) is 28.5 Å². The molecule has 1 fully saturated rings. The van der Waals surface area contributed by atoms with E-state index in [9.17, 15) is 9.18 Å². The first kappa shape index (κ1) is 17.3. The third-order valence-electron chi connectivity index (χ3n) is 4.96. The zero-order chi connectivity index (χ0) is 18.8. The van der Waals surface area contributed by atoms with E-state index in [1.807, 2.05) is 24.3 Å². The van der Waals surface area contributed by atoms with Gasteiger partial charge in [0.1, 0.15) is 11.5 Å². The molecule has 136 valence electrons. The molecule has 1 amide bonds. The average Bonchev–Trinajstić information content (AvgIpc) is 3.32. The highest BCUT2D eigenvalue weighted by atomic mass is 19.1. The number of nitrogens with zero attached hydrogens (tertiary/aromatic N) is 1. The second-order valence-electron chi connectivity index (χ2n) is 6.87. The second-order valence-corrected chi connectivity index (χ2v) is 6.87. The Labute approximate surface area is 156 Å². The van der Waals surface area contributed by atoms with Crippen molar-refractivity contribution in [2.75, 3.05) is 13.1 Å². The number of aromatic amines is 1. The lowest BCUT2D eigenvalue weighted by Crippen LogP contribution is -2.37. The predicted molar refractivity (Wildman–Crippen MR) is 102 cm³/mol. The predicted octanol–water partition coefficient (Wildman–Crippen LogP) is 3.21. The van der Waals surface area contributed by atoms with Crippen molar-refractivity contribution in [2.24, 2.45) is 5.92 Å². The minimum absolute atomic E-state index is 0.0184. The minimum Gasteiger partial charge on any atom is -0.351 e. The zero-order valence-corrected chi connectivity index (χ0v) is 14.6. The van der Waals surface area contributed by atoms with Crippen molar-refractivity contribution in [3.8, 4) is 17.2 Å². The third-order valence-corrected chi connectivity index (χ3v) is 4.96. The molecule has 0 spiro atoms. The number of fused-ring (bicyclic) bond motifs is 1. The molecule has 1 aliphatic heterocycles. The van der Waals surface area contributed by atoms with Gasteiger partial charge in [-0.3, -0.25) is 4.79 Å². The lowest BCUT2D eigenvalue weighted by Gasteiger charge is -2.10. The van der Waals surface area contributed by atoms with E-state index in [4.69, 9.17) is 5.26 Å². The molecule has 2 heterocycles. The van der Waals surface area contributed by atoms with Crippen LogP contribution in [0.4, 0.5) is 4.39 Å². The van der Waals surface area contributed by atoms with Gasteiger partial charge in [0.05, 0.1) is 12.0 Å². The molecule has 4 rings (SSSR count). The quantitative estimate of drug-likeness (QED) is 0.667. The molecule has 3 aromatic rings. The Morgan fingerprint density at radius 2 is 1.96 bits per heavy atom. The summed E-state index contributed by atoms with van der Waals surface area (Å²) in [4.78, 5) is 15.6. The highest BCUT2D eigenvalue weighted by Gasteiger charge is 2.24. The topological polar surface area (TPSA) is 80.7 Å². The van der Waals surface area contributed by atoms with E-state index in [1.165, 1.54) is 12.1 Å². The lowest BCUT2D eigenvalue weighted by molar-refractivity contribution is 0.0946. The average molecular weight is 362 g/mol. The monoisotopic (exact) mass is 362 g/mol. The van der Waals surface area contributed by atoms with Crippen LogP contribution in [-0.2, 0) is 0 Å². The maximum atomic E-state index is 13.1. The van der Waals surface area contributed by atoms with Gasteiger partial charge in [-0.05, 0) is 41.8 Å². The summed E-state index contributed by atoms with van der Waals surface area (Å²) in [5.74, 6) is -0.418. The maximum absolute atomic E-state index is 13.1. The van der Waals surface area contributed by atoms with Gasteiger partial charge in [-0.2, -0.15) is 5.26 Å². The summed E-state index contributed by atoms with van der Waals surface area (Å²) in [5, 5.41) is 16.0. The fraction of sp³-hybridized carbons (Fsp3) is 0.238. The van der Waals surface area contributed by atoms with Crippen molar-refractivity contribution in [1.82, 2.24) is 15.6 Å². The Balaban J connectivity index is 1.47. The van der Waals surface area contributed by atoms with Crippen molar-refractivity contribution in [3.63, 3.8) is 0 Å². The van der Waals surface area contributed by atoms with E-state index in [2.05, 4.69) is 21.7 Å². The van der Waals surface area contributed by atoms with E-state index in [0.29, 0.717) is 18.8 Å². The summed E-state index contributed by atoms with van der Waals surface area (Å²) in [5.41, 5.74) is 3.22. The molecule has 0 bridgehead atoms. The largest absolute Gasteiger partial charge is 0.351 e. The van der Waals surface area contributed by atoms with Crippen LogP contribution in [0.2, 0.25) is 0 Å². The van der Waals surface area contributed by atoms with Gasteiger partial charge in [0, 0.05) is 30.0 Å². The third kappa shape index (κ3) is 3.69. The van der Waals surface area contributed by atoms with Crippen LogP contribution in [0, 0.1) is 23.1 Å². The Morgan fingerprint density at radius 1 is 1.19 bits per heavy atom. The van der Waals surface area contributed by atoms with Crippen LogP contribution in [0.5, 0.6) is 0 Å². The number of rotatable bonds is 4. The van der Waals surface area contributed by atoms with Crippen LogP contribution in [0.15, 0.2) is 48.5 Å². The highest BCUT2D eigenvalue weighted by molar-refractivity contribution is 5.98. The number of carbonyl (C=O) groups is 1. The smallest absolute Gasteiger partial charge is 0.267 e. The summed E-state index contributed by atoms with van der Waals surface area (Å²) in [6.07, 6.45) is 0.754. The van der Waals surface area contributed by atoms with Crippen LogP contribution >= 0.6 is 0 Å². The number of nitriles is 1. The molecule has 1 aromatic heterocycles. The Hall–Kier alpha value is -3.17. The first-order chi connectivity index (χ1) is 13.1. The maximum Gasteiger partial charge on any atom is 0.267 e. The van der Waals surface area contributed by atoms with Gasteiger partial charge in [0.25, 0.3) is 5.91 Å². The summed E-state index contributed by atoms with van der Waals surface area (Å²) in [6.45, 7) is 1.17. The number of amides is 1. The molecule has 1 aliphatic rings. The number of hydrogen-bond acceptors (Lipinski definition) is 3. The molecule has 0 unspecified atom stereocenters. The van der Waals surface area contributed by atoms with Gasteiger partial charge >= 0.3 is 0 Å². The highest BCUT2D eigenvalue weighted by Crippen LogP contribution is 2.25. The molecule has 3 N–H and O–H groups in total. The standard InChI is InChI=1S/C21H19FN4O/c22-17-5-3-14(4-6-17)15-1-2-16-9-20(26-19(16)8-15)21(27)25-12-18-7-13(10-23)11-24-18/h1-6,8-9,13,18,24,26H,7,11-12H2,(H,25,27)/t13-,18+/m1/s1. The molecular formula is C21H19FN4O. The lowest BCUT2D eigenvalue weighted by atomic mass is 10.0. The Bertz CT molecular complexity index is 1020. The molecule has 0 radical (unpaired) electrons. The zero-order valence-electron chi connectivity index (χ0n) is 14.6. The van der Waals surface area contributed by atoms with Crippen LogP contribution in [0.3, 0.4) is 0 Å². The first-order valence-electron chi connectivity index (χ1n) is 8.92. The van der Waals surface area contributed by atoms with Crippen molar-refractivity contribution in [3.05, 3.63) is 60.0 Å². The summed E-state index contributed by atoms with van der Waals surface area (Å²) in [7, 11) is 0. The molecule has 5 nitrogen and oxygen atoms in total. The number of aromatic nitrogens is 1. The molecular weight excluding hydrogens is 343 g/mol. The van der Waals surface area contributed by atoms with E-state index < -0.39 is 0 Å². The number of nitrogens with one attached hydrogen (secondary N) is 3. The van der Waals surface area contributed by atoms with Gasteiger partial charge in [-0.1, -0.05) is 24.3 Å². The number of benzene rings is 2. The normalized spacial score (nSPS) is 19.1. The van der Waals surface area contributed by atoms with Gasteiger partial charge in [-0.25, -0.2) is 4.39 Å². The molecule has 2 atom stereocenters. The minimum atomic E-state index is -0.267. The first-order valence-corrected chi connectivity index (χ1v) is 8.92. The van der Waals surface area contributed by atoms with Gasteiger partial charge in [0.2, 0.25) is 0 Å². The van der Waals surface area contributed by atoms with E-state index >= 15 is 0 Å². The summed E-state index contributed by atoms with van der Waals surface area (Å²) < 4.78 is 13.1. The van der Waals surface area contributed by atoms with Crippen LogP contribution in [0.25, 0.3) is 22.0 Å². The van der Waals surface area contributed by atoms with E-state index in [1.54, 1.807) is 12.1 Å². The number of halogens is 1. The summed E-state index contributed by atoms with van der Waals surface area (Å²) >= 11 is 0. The van der Waals surface area contributed by atoms with Crippen molar-refractivity contribution >= 4 is 16.8 Å². The second kappa shape index (κ2) is 7.22. The molecule has 0 aliphatic carbocycles. The van der Waals surface area contributed by atoms with Gasteiger partial charge < -0.3 is 15.6 Å². The fourth-order valence-electron chi connectivity index (χ4n) is 3.46. The number of carbonyl (C=O) groups excluding carboxylic acids is 1. The number of hydrogen-bond donors (Lipinski definition) is 3. The molecule has 0 saturated carbocycles. The fourth-order valence-corrected chi connectivity index (χ4v) is 3.46. The molecule has 2 aromatic carbocycles. The van der Waals surface area contributed by atoms with Crippen molar-refractivity contribution in [1.29, 1.82) is 5.26 Å². The van der Waals surface area contributed by atoms with Crippen LogP contribution in [0.1, 0.15) is 16.9 Å². The summed E-state index contributed by atoms with van der Waals surface area (Å²) in [6, 6.07) is 16.4. The molecule has 27 heavy (non-hydrogen) atoms. The van der Waals surface area contributed by atoms with Crippen LogP contribution < -0.4 is 10.6 Å². The molecule has 6 heteroatoms. The Morgan fingerprint density at radius 3 is 2.70 bits per heavy atom. The molecule has 1 saturated heterocycles.